The molecule has 0 aromatic carbocycles. The summed E-state index contributed by atoms with van der Waals surface area (Å²) in [5.74, 6) is 2.11. The zero-order valence-electron chi connectivity index (χ0n) is 11.2. The molecule has 6 nitrogen and oxygen atoms in total. The summed E-state index contributed by atoms with van der Waals surface area (Å²) in [5.41, 5.74) is -0.923. The Morgan fingerprint density at radius 3 is 3.00 bits per heavy atom. The van der Waals surface area contributed by atoms with Crippen molar-refractivity contribution in [3.8, 4) is 0 Å². The van der Waals surface area contributed by atoms with Gasteiger partial charge in [0.2, 0.25) is 5.89 Å². The lowest BCUT2D eigenvalue weighted by Gasteiger charge is -2.23. The second-order valence-corrected chi connectivity index (χ2v) is 5.92. The summed E-state index contributed by atoms with van der Waals surface area (Å²) in [4.78, 5) is 6.51. The molecule has 0 saturated carbocycles. The predicted octanol–water partition coefficient (Wildman–Crippen LogP) is 0.642. The molecule has 0 aliphatic carbocycles. The van der Waals surface area contributed by atoms with Crippen LogP contribution in [0.15, 0.2) is 4.52 Å². The van der Waals surface area contributed by atoms with Crippen LogP contribution >= 0.6 is 11.8 Å². The summed E-state index contributed by atoms with van der Waals surface area (Å²) in [6, 6.07) is 0. The van der Waals surface area contributed by atoms with Gasteiger partial charge in [0, 0.05) is 6.54 Å². The molecule has 1 aromatic rings. The minimum atomic E-state index is -0.923. The lowest BCUT2D eigenvalue weighted by molar-refractivity contribution is -0.0256. The smallest absolute Gasteiger partial charge is 0.240 e. The van der Waals surface area contributed by atoms with Crippen molar-refractivity contribution in [3.05, 3.63) is 11.7 Å². The molecular formula is C12H21N3O3S. The van der Waals surface area contributed by atoms with Crippen molar-refractivity contribution in [2.45, 2.75) is 37.2 Å². The minimum absolute atomic E-state index is 0.167. The minimum Gasteiger partial charge on any atom is -0.393 e. The highest BCUT2D eigenvalue weighted by Crippen LogP contribution is 2.22. The number of aliphatic hydroxyl groups excluding tert-OH is 1. The second-order valence-electron chi connectivity index (χ2n) is 5.05. The van der Waals surface area contributed by atoms with Gasteiger partial charge < -0.3 is 14.7 Å². The van der Waals surface area contributed by atoms with Crippen LogP contribution in [-0.4, -0.2) is 56.8 Å². The maximum absolute atomic E-state index is 10.1. The topological polar surface area (TPSA) is 82.6 Å². The average Bonchev–Trinajstić information content (AvgIpc) is 2.75. The molecule has 0 unspecified atom stereocenters. The number of aliphatic hydroxyl groups is 2. The van der Waals surface area contributed by atoms with Crippen LogP contribution in [0.4, 0.5) is 0 Å². The summed E-state index contributed by atoms with van der Waals surface area (Å²) in [7, 11) is 0. The third-order valence-electron chi connectivity index (χ3n) is 3.45. The molecule has 1 atom stereocenters. The number of nitrogens with zero attached hydrogens (tertiary/aromatic N) is 3. The molecule has 0 spiro atoms. The van der Waals surface area contributed by atoms with Gasteiger partial charge in [-0.15, -0.1) is 0 Å². The Labute approximate surface area is 117 Å². The van der Waals surface area contributed by atoms with Crippen LogP contribution in [0, 0.1) is 0 Å². The predicted molar refractivity (Wildman–Crippen MR) is 72.7 cm³/mol. The van der Waals surface area contributed by atoms with E-state index in [4.69, 9.17) is 4.52 Å². The maximum atomic E-state index is 10.1. The van der Waals surface area contributed by atoms with Crippen LogP contribution in [0.25, 0.3) is 0 Å². The van der Waals surface area contributed by atoms with E-state index in [1.165, 1.54) is 0 Å². The summed E-state index contributed by atoms with van der Waals surface area (Å²) in [6.07, 6.45) is 4.08. The van der Waals surface area contributed by atoms with Gasteiger partial charge in [0.15, 0.2) is 5.82 Å². The first-order valence-electron chi connectivity index (χ1n) is 6.51. The molecule has 2 heterocycles. The molecule has 1 fully saturated rings. The van der Waals surface area contributed by atoms with Gasteiger partial charge in [0.05, 0.1) is 24.5 Å². The molecule has 108 valence electrons. The third-order valence-corrected chi connectivity index (χ3v) is 3.99. The van der Waals surface area contributed by atoms with E-state index in [1.54, 1.807) is 11.8 Å². The Balaban J connectivity index is 1.88. The molecule has 0 amide bonds. The molecule has 1 aromatic heterocycles. The van der Waals surface area contributed by atoms with E-state index in [0.29, 0.717) is 25.3 Å². The highest BCUT2D eigenvalue weighted by Gasteiger charge is 2.29. The molecule has 2 N–H and O–H groups in total. The van der Waals surface area contributed by atoms with E-state index in [1.807, 2.05) is 6.26 Å². The number of hydrogen-bond donors (Lipinski definition) is 2. The highest BCUT2D eigenvalue weighted by molar-refractivity contribution is 7.97. The first-order chi connectivity index (χ1) is 9.15. The largest absolute Gasteiger partial charge is 0.393 e. The van der Waals surface area contributed by atoms with Crippen LogP contribution in [0.5, 0.6) is 0 Å². The van der Waals surface area contributed by atoms with E-state index in [9.17, 15) is 10.2 Å². The van der Waals surface area contributed by atoms with Gasteiger partial charge in [-0.1, -0.05) is 5.16 Å². The van der Waals surface area contributed by atoms with Crippen LogP contribution < -0.4 is 0 Å². The fraction of sp³-hybridized carbons (Fsp3) is 0.833. The van der Waals surface area contributed by atoms with Crippen molar-refractivity contribution in [2.75, 3.05) is 26.0 Å². The molecule has 0 radical (unpaired) electrons. The molecule has 1 saturated heterocycles. The third kappa shape index (κ3) is 4.17. The van der Waals surface area contributed by atoms with Crippen LogP contribution in [0.1, 0.15) is 31.0 Å². The zero-order chi connectivity index (χ0) is 13.7. The molecule has 2 rings (SSSR count). The van der Waals surface area contributed by atoms with E-state index in [-0.39, 0.29) is 6.61 Å². The van der Waals surface area contributed by atoms with E-state index >= 15 is 0 Å². The van der Waals surface area contributed by atoms with Crippen molar-refractivity contribution in [1.29, 1.82) is 0 Å². The fourth-order valence-corrected chi connectivity index (χ4v) is 2.66. The highest BCUT2D eigenvalue weighted by atomic mass is 32.2. The Morgan fingerprint density at radius 1 is 1.42 bits per heavy atom. The molecule has 7 heteroatoms. The monoisotopic (exact) mass is 287 g/mol. The van der Waals surface area contributed by atoms with Gasteiger partial charge in [-0.25, -0.2) is 0 Å². The fourth-order valence-electron chi connectivity index (χ4n) is 2.28. The molecule has 19 heavy (non-hydrogen) atoms. The summed E-state index contributed by atoms with van der Waals surface area (Å²) in [6.45, 7) is 2.06. The first-order valence-corrected chi connectivity index (χ1v) is 7.90. The van der Waals surface area contributed by atoms with Crippen LogP contribution in [0.3, 0.4) is 0 Å². The Hall–Kier alpha value is -0.630. The Kier molecular flexibility index (Phi) is 5.20. The van der Waals surface area contributed by atoms with Crippen molar-refractivity contribution in [1.82, 2.24) is 15.0 Å². The molecule has 0 bridgehead atoms. The normalized spacial score (nSPS) is 25.4. The number of aromatic nitrogens is 2. The second kappa shape index (κ2) is 6.69. The number of thioether (sulfide) groups is 1. The van der Waals surface area contributed by atoms with Gasteiger partial charge in [-0.2, -0.15) is 16.7 Å². The van der Waals surface area contributed by atoms with E-state index < -0.39 is 5.60 Å². The molecule has 1 aliphatic heterocycles. The van der Waals surface area contributed by atoms with E-state index in [2.05, 4.69) is 15.0 Å². The zero-order valence-corrected chi connectivity index (χ0v) is 12.0. The SMILES string of the molecule is CSCc1noc(CN2CCC[C@](O)(CO)CC2)n1. The van der Waals surface area contributed by atoms with Crippen molar-refractivity contribution >= 4 is 11.8 Å². The lowest BCUT2D eigenvalue weighted by atomic mass is 9.96. The van der Waals surface area contributed by atoms with Crippen LogP contribution in [-0.2, 0) is 12.3 Å². The van der Waals surface area contributed by atoms with Gasteiger partial charge >= 0.3 is 0 Å². The summed E-state index contributed by atoms with van der Waals surface area (Å²) >= 11 is 1.66. The average molecular weight is 287 g/mol. The van der Waals surface area contributed by atoms with E-state index in [0.717, 1.165) is 31.1 Å². The Morgan fingerprint density at radius 2 is 2.26 bits per heavy atom. The number of rotatable bonds is 5. The maximum Gasteiger partial charge on any atom is 0.240 e. The summed E-state index contributed by atoms with van der Waals surface area (Å²) < 4.78 is 5.21. The molecule has 1 aliphatic rings. The first kappa shape index (κ1) is 14.8. The summed E-state index contributed by atoms with van der Waals surface area (Å²) in [5, 5.41) is 23.2. The standard InChI is InChI=1S/C12H21N3O3S/c1-19-8-10-13-11(18-14-10)7-15-5-2-3-12(17,9-16)4-6-15/h16-17H,2-9H2,1H3/t12-/m1/s1. The van der Waals surface area contributed by atoms with Crippen molar-refractivity contribution in [2.24, 2.45) is 0 Å². The van der Waals surface area contributed by atoms with Crippen LogP contribution in [0.2, 0.25) is 0 Å². The van der Waals surface area contributed by atoms with Gasteiger partial charge in [0.1, 0.15) is 0 Å². The molecular weight excluding hydrogens is 266 g/mol. The van der Waals surface area contributed by atoms with Gasteiger partial charge in [0.25, 0.3) is 0 Å². The lowest BCUT2D eigenvalue weighted by Crippen LogP contribution is -2.34. The van der Waals surface area contributed by atoms with Crippen molar-refractivity contribution < 1.29 is 14.7 Å². The number of hydrogen-bond acceptors (Lipinski definition) is 7. The van der Waals surface area contributed by atoms with Gasteiger partial charge in [-0.3, -0.25) is 4.90 Å². The van der Waals surface area contributed by atoms with Gasteiger partial charge in [-0.05, 0) is 32.1 Å². The number of likely N-dealkylation sites (tertiary alicyclic amines) is 1. The Bertz CT molecular complexity index is 401. The quantitative estimate of drug-likeness (QED) is 0.822. The van der Waals surface area contributed by atoms with Crippen molar-refractivity contribution in [3.63, 3.8) is 0 Å².